The Balaban J connectivity index is 1.62. The highest BCUT2D eigenvalue weighted by atomic mass is 16.7. The molecule has 140 valence electrons. The van der Waals surface area contributed by atoms with Crippen LogP contribution in [0.1, 0.15) is 24.3 Å². The molecule has 0 radical (unpaired) electrons. The van der Waals surface area contributed by atoms with Crippen LogP contribution in [0.4, 0.5) is 0 Å². The highest BCUT2D eigenvalue weighted by Gasteiger charge is 2.48. The van der Waals surface area contributed by atoms with Gasteiger partial charge in [0.05, 0.1) is 13.2 Å². The molecule has 2 aliphatic rings. The van der Waals surface area contributed by atoms with Gasteiger partial charge in [-0.1, -0.05) is 24.3 Å². The lowest BCUT2D eigenvalue weighted by Gasteiger charge is -2.45. The quantitative estimate of drug-likeness (QED) is 0.730. The summed E-state index contributed by atoms with van der Waals surface area (Å²) < 4.78 is 27.6. The van der Waals surface area contributed by atoms with Gasteiger partial charge in [0, 0.05) is 19.3 Å². The van der Waals surface area contributed by atoms with Crippen molar-refractivity contribution in [2.24, 2.45) is 0 Å². The molecule has 25 heavy (non-hydrogen) atoms. The van der Waals surface area contributed by atoms with E-state index in [0.717, 1.165) is 12.0 Å². The predicted octanol–water partition coefficient (Wildman–Crippen LogP) is 0.773. The van der Waals surface area contributed by atoms with E-state index in [1.165, 1.54) is 12.7 Å². The number of aliphatic hydroxyl groups excluding tert-OH is 2. The minimum Gasteiger partial charge on any atom is -0.387 e. The highest BCUT2D eigenvalue weighted by molar-refractivity contribution is 5.24. The fraction of sp³-hybridized carbons (Fsp3) is 0.667. The fourth-order valence-corrected chi connectivity index (χ4v) is 3.12. The SMILES string of the molecule is CCOCCc1ccc(C2OCC3OC(OC)C(O)C(O)C3O2)cc1. The lowest BCUT2D eigenvalue weighted by molar-refractivity contribution is -0.358. The first kappa shape index (κ1) is 18.7. The van der Waals surface area contributed by atoms with Gasteiger partial charge in [-0.2, -0.15) is 0 Å². The van der Waals surface area contributed by atoms with Gasteiger partial charge in [0.1, 0.15) is 24.4 Å². The van der Waals surface area contributed by atoms with Crippen molar-refractivity contribution in [2.75, 3.05) is 26.9 Å². The minimum absolute atomic E-state index is 0.255. The van der Waals surface area contributed by atoms with Crippen LogP contribution >= 0.6 is 0 Å². The van der Waals surface area contributed by atoms with Crippen LogP contribution in [0.3, 0.4) is 0 Å². The van der Waals surface area contributed by atoms with E-state index in [1.807, 2.05) is 31.2 Å². The molecule has 2 saturated heterocycles. The number of fused-ring (bicyclic) bond motifs is 1. The molecule has 0 aromatic heterocycles. The topological polar surface area (TPSA) is 86.6 Å². The summed E-state index contributed by atoms with van der Waals surface area (Å²) in [4.78, 5) is 0. The molecular weight excluding hydrogens is 328 g/mol. The van der Waals surface area contributed by atoms with Crippen LogP contribution in [0, 0.1) is 0 Å². The molecule has 2 N–H and O–H groups in total. The van der Waals surface area contributed by atoms with Crippen LogP contribution < -0.4 is 0 Å². The molecule has 2 aliphatic heterocycles. The van der Waals surface area contributed by atoms with E-state index >= 15 is 0 Å². The lowest BCUT2D eigenvalue weighted by atomic mass is 9.98. The first-order chi connectivity index (χ1) is 12.1. The molecule has 0 bridgehead atoms. The van der Waals surface area contributed by atoms with Crippen molar-refractivity contribution in [3.8, 4) is 0 Å². The van der Waals surface area contributed by atoms with Crippen molar-refractivity contribution in [1.29, 1.82) is 0 Å². The molecular formula is C18H26O7. The first-order valence-electron chi connectivity index (χ1n) is 8.62. The molecule has 0 amide bonds. The average molecular weight is 354 g/mol. The maximum absolute atomic E-state index is 10.3. The van der Waals surface area contributed by atoms with Crippen molar-refractivity contribution in [3.05, 3.63) is 35.4 Å². The van der Waals surface area contributed by atoms with E-state index in [-0.39, 0.29) is 6.61 Å². The molecule has 3 rings (SSSR count). The molecule has 0 aliphatic carbocycles. The number of hydrogen-bond donors (Lipinski definition) is 2. The number of benzene rings is 1. The van der Waals surface area contributed by atoms with Gasteiger partial charge >= 0.3 is 0 Å². The standard InChI is InChI=1S/C18H26O7/c1-3-22-9-8-11-4-6-12(7-5-11)17-23-10-13-16(25-17)14(19)15(20)18(21-2)24-13/h4-7,13-20H,3,8-10H2,1-2H3. The van der Waals surface area contributed by atoms with Crippen molar-refractivity contribution in [3.63, 3.8) is 0 Å². The fourth-order valence-electron chi connectivity index (χ4n) is 3.12. The molecule has 7 nitrogen and oxygen atoms in total. The predicted molar refractivity (Wildman–Crippen MR) is 87.9 cm³/mol. The monoisotopic (exact) mass is 354 g/mol. The zero-order valence-corrected chi connectivity index (χ0v) is 14.5. The molecule has 6 atom stereocenters. The Morgan fingerprint density at radius 3 is 2.56 bits per heavy atom. The van der Waals surface area contributed by atoms with Gasteiger partial charge in [-0.3, -0.25) is 0 Å². The maximum atomic E-state index is 10.3. The Morgan fingerprint density at radius 2 is 1.88 bits per heavy atom. The van der Waals surface area contributed by atoms with Crippen LogP contribution in [-0.2, 0) is 30.1 Å². The summed E-state index contributed by atoms with van der Waals surface area (Å²) in [7, 11) is 1.42. The lowest BCUT2D eigenvalue weighted by Crippen LogP contribution is -2.62. The third-order valence-electron chi connectivity index (χ3n) is 4.56. The third-order valence-corrected chi connectivity index (χ3v) is 4.56. The maximum Gasteiger partial charge on any atom is 0.186 e. The van der Waals surface area contributed by atoms with Crippen molar-refractivity contribution in [1.82, 2.24) is 0 Å². The van der Waals surface area contributed by atoms with Gasteiger partial charge in [-0.15, -0.1) is 0 Å². The Bertz CT molecular complexity index is 533. The zero-order valence-electron chi connectivity index (χ0n) is 14.5. The molecule has 1 aromatic carbocycles. The summed E-state index contributed by atoms with van der Waals surface area (Å²) in [6.07, 6.45) is -4.05. The Morgan fingerprint density at radius 1 is 1.12 bits per heavy atom. The number of hydrogen-bond acceptors (Lipinski definition) is 7. The van der Waals surface area contributed by atoms with Crippen molar-refractivity contribution >= 4 is 0 Å². The summed E-state index contributed by atoms with van der Waals surface area (Å²) in [6, 6.07) is 7.90. The molecule has 2 heterocycles. The second kappa shape index (κ2) is 8.55. The van der Waals surface area contributed by atoms with E-state index in [9.17, 15) is 10.2 Å². The Labute approximate surface area is 147 Å². The van der Waals surface area contributed by atoms with Gasteiger partial charge in [0.2, 0.25) is 0 Å². The highest BCUT2D eigenvalue weighted by Crippen LogP contribution is 2.34. The number of ether oxygens (including phenoxy) is 5. The van der Waals surface area contributed by atoms with Crippen LogP contribution in [-0.4, -0.2) is 67.8 Å². The summed E-state index contributed by atoms with van der Waals surface area (Å²) in [5, 5.41) is 20.3. The summed E-state index contributed by atoms with van der Waals surface area (Å²) >= 11 is 0. The largest absolute Gasteiger partial charge is 0.387 e. The van der Waals surface area contributed by atoms with Crippen molar-refractivity contribution < 1.29 is 33.9 Å². The molecule has 2 fully saturated rings. The second-order valence-corrected chi connectivity index (χ2v) is 6.21. The van der Waals surface area contributed by atoms with E-state index in [1.54, 1.807) is 0 Å². The summed E-state index contributed by atoms with van der Waals surface area (Å²) in [6.45, 7) is 3.64. The molecule has 0 saturated carbocycles. The smallest absolute Gasteiger partial charge is 0.186 e. The van der Waals surface area contributed by atoms with Gasteiger partial charge in [0.15, 0.2) is 12.6 Å². The molecule has 6 unspecified atom stereocenters. The normalized spacial score (nSPS) is 35.4. The molecule has 7 heteroatoms. The van der Waals surface area contributed by atoms with Crippen LogP contribution in [0.25, 0.3) is 0 Å². The van der Waals surface area contributed by atoms with Gasteiger partial charge in [-0.25, -0.2) is 0 Å². The van der Waals surface area contributed by atoms with Gasteiger partial charge < -0.3 is 33.9 Å². The van der Waals surface area contributed by atoms with E-state index in [2.05, 4.69) is 0 Å². The first-order valence-corrected chi connectivity index (χ1v) is 8.62. The summed E-state index contributed by atoms with van der Waals surface area (Å²) in [5.41, 5.74) is 2.03. The Hall–Kier alpha value is -1.06. The summed E-state index contributed by atoms with van der Waals surface area (Å²) in [5.74, 6) is 0. The van der Waals surface area contributed by atoms with E-state index in [4.69, 9.17) is 23.7 Å². The number of aliphatic hydroxyl groups is 2. The van der Waals surface area contributed by atoms with Crippen molar-refractivity contribution in [2.45, 2.75) is 50.3 Å². The third kappa shape index (κ3) is 4.20. The number of methoxy groups -OCH3 is 1. The van der Waals surface area contributed by atoms with Gasteiger partial charge in [0.25, 0.3) is 0 Å². The zero-order chi connectivity index (χ0) is 17.8. The Kier molecular flexibility index (Phi) is 6.40. The van der Waals surface area contributed by atoms with Crippen LogP contribution in [0.5, 0.6) is 0 Å². The minimum atomic E-state index is -1.16. The van der Waals surface area contributed by atoms with E-state index in [0.29, 0.717) is 13.2 Å². The second-order valence-electron chi connectivity index (χ2n) is 6.21. The van der Waals surface area contributed by atoms with Crippen LogP contribution in [0.2, 0.25) is 0 Å². The van der Waals surface area contributed by atoms with Gasteiger partial charge in [-0.05, 0) is 18.9 Å². The average Bonchev–Trinajstić information content (AvgIpc) is 2.65. The number of rotatable bonds is 6. The molecule has 1 aromatic rings. The molecule has 0 spiro atoms. The van der Waals surface area contributed by atoms with Crippen LogP contribution in [0.15, 0.2) is 24.3 Å². The van der Waals surface area contributed by atoms with E-state index < -0.39 is 37.0 Å².